The fraction of sp³-hybridized carbons (Fsp3) is 0.333. The summed E-state index contributed by atoms with van der Waals surface area (Å²) >= 11 is 1.35. The third-order valence-corrected chi connectivity index (χ3v) is 7.89. The van der Waals surface area contributed by atoms with Gasteiger partial charge in [-0.25, -0.2) is 8.42 Å². The summed E-state index contributed by atoms with van der Waals surface area (Å²) in [5.74, 6) is 0.268. The van der Waals surface area contributed by atoms with E-state index in [1.165, 1.54) is 11.8 Å². The summed E-state index contributed by atoms with van der Waals surface area (Å²) in [7, 11) is -3.09. The van der Waals surface area contributed by atoms with Crippen LogP contribution in [0.3, 0.4) is 0 Å². The van der Waals surface area contributed by atoms with Crippen LogP contribution in [0.2, 0.25) is 0 Å². The average molecular weight is 430 g/mol. The molecule has 152 valence electrons. The minimum Gasteiger partial charge on any atom is -0.325 e. The highest BCUT2D eigenvalue weighted by Gasteiger charge is 2.47. The second kappa shape index (κ2) is 7.84. The van der Waals surface area contributed by atoms with Crippen molar-refractivity contribution >= 4 is 44.0 Å². The van der Waals surface area contributed by atoms with E-state index in [1.54, 1.807) is 0 Å². The maximum absolute atomic E-state index is 12.6. The highest BCUT2D eigenvalue weighted by Crippen LogP contribution is 2.35. The summed E-state index contributed by atoms with van der Waals surface area (Å²) in [6.45, 7) is 3.94. The smallest absolute Gasteiger partial charge is 0.234 e. The summed E-state index contributed by atoms with van der Waals surface area (Å²) in [5.41, 5.74) is 3.78. The second-order valence-electron chi connectivity index (χ2n) is 7.43. The Morgan fingerprint density at radius 3 is 2.48 bits per heavy atom. The van der Waals surface area contributed by atoms with E-state index in [9.17, 15) is 13.2 Å². The van der Waals surface area contributed by atoms with E-state index >= 15 is 0 Å². The number of amides is 1. The molecule has 1 fully saturated rings. The maximum Gasteiger partial charge on any atom is 0.234 e. The van der Waals surface area contributed by atoms with Gasteiger partial charge in [0.2, 0.25) is 5.91 Å². The van der Waals surface area contributed by atoms with Crippen molar-refractivity contribution in [3.8, 4) is 0 Å². The van der Waals surface area contributed by atoms with Gasteiger partial charge in [0.15, 0.2) is 15.0 Å². The molecule has 1 amide bonds. The lowest BCUT2D eigenvalue weighted by molar-refractivity contribution is -0.113. The molecule has 1 saturated heterocycles. The summed E-state index contributed by atoms with van der Waals surface area (Å²) in [6, 6.07) is 15.1. The van der Waals surface area contributed by atoms with Gasteiger partial charge in [-0.3, -0.25) is 9.79 Å². The molecule has 0 bridgehead atoms. The number of nitrogens with one attached hydrogen (secondary N) is 1. The fourth-order valence-corrected chi connectivity index (χ4v) is 6.61. The number of fused-ring (bicyclic) bond motifs is 1. The van der Waals surface area contributed by atoms with Crippen molar-refractivity contribution in [2.75, 3.05) is 27.5 Å². The van der Waals surface area contributed by atoms with E-state index in [2.05, 4.69) is 10.3 Å². The van der Waals surface area contributed by atoms with Crippen molar-refractivity contribution in [2.45, 2.75) is 25.9 Å². The zero-order valence-corrected chi connectivity index (χ0v) is 18.0. The Balaban J connectivity index is 1.50. The van der Waals surface area contributed by atoms with Gasteiger partial charge in [0.1, 0.15) is 0 Å². The molecular formula is C21H23N3O3S2. The van der Waals surface area contributed by atoms with Gasteiger partial charge in [0, 0.05) is 11.4 Å². The largest absolute Gasteiger partial charge is 0.325 e. The molecule has 2 atom stereocenters. The van der Waals surface area contributed by atoms with Crippen LogP contribution in [-0.4, -0.2) is 48.8 Å². The van der Waals surface area contributed by atoms with Crippen molar-refractivity contribution in [3.05, 3.63) is 59.7 Å². The first-order chi connectivity index (χ1) is 13.8. The Bertz CT molecular complexity index is 1050. The van der Waals surface area contributed by atoms with Crippen LogP contribution in [0.4, 0.5) is 11.4 Å². The van der Waals surface area contributed by atoms with E-state index < -0.39 is 9.84 Å². The molecule has 8 heteroatoms. The van der Waals surface area contributed by atoms with E-state index in [1.807, 2.05) is 67.3 Å². The van der Waals surface area contributed by atoms with Gasteiger partial charge in [0.25, 0.3) is 0 Å². The molecule has 0 radical (unpaired) electrons. The molecule has 0 spiro atoms. The minimum atomic E-state index is -3.09. The summed E-state index contributed by atoms with van der Waals surface area (Å²) in [6.07, 6.45) is 0. The van der Waals surface area contributed by atoms with Crippen LogP contribution in [0, 0.1) is 13.8 Å². The van der Waals surface area contributed by atoms with E-state index in [0.717, 1.165) is 22.5 Å². The average Bonchev–Trinajstić information content (AvgIpc) is 3.15. The molecule has 0 unspecified atom stereocenters. The molecule has 0 aliphatic carbocycles. The number of hydrogen-bond acceptors (Lipinski definition) is 6. The molecule has 4 rings (SSSR count). The Morgan fingerprint density at radius 1 is 1.10 bits per heavy atom. The summed E-state index contributed by atoms with van der Waals surface area (Å²) < 4.78 is 24.2. The van der Waals surface area contributed by atoms with Crippen molar-refractivity contribution < 1.29 is 13.2 Å². The van der Waals surface area contributed by atoms with E-state index in [-0.39, 0.29) is 35.2 Å². The van der Waals surface area contributed by atoms with Crippen LogP contribution < -0.4 is 10.2 Å². The highest BCUT2D eigenvalue weighted by molar-refractivity contribution is 8.14. The zero-order valence-electron chi connectivity index (χ0n) is 16.3. The van der Waals surface area contributed by atoms with Crippen molar-refractivity contribution in [3.63, 3.8) is 0 Å². The van der Waals surface area contributed by atoms with Crippen LogP contribution in [-0.2, 0) is 14.6 Å². The zero-order chi connectivity index (χ0) is 20.6. The molecule has 2 aliphatic rings. The standard InChI is InChI=1S/C21H23N3O3S2/c1-14-7-6-8-15(2)20(14)23-19(25)11-28-21-22-17-12-29(26,27)13-18(17)24(21)16-9-4-3-5-10-16/h3-10,17-18H,11-13H2,1-2H3,(H,23,25)/t17-,18+/m1/s1. The lowest BCUT2D eigenvalue weighted by Crippen LogP contribution is -2.39. The molecule has 0 saturated carbocycles. The van der Waals surface area contributed by atoms with Gasteiger partial charge in [0.05, 0.1) is 29.3 Å². The number of thioether (sulfide) groups is 1. The number of anilines is 2. The van der Waals surface area contributed by atoms with Crippen LogP contribution in [0.1, 0.15) is 11.1 Å². The first kappa shape index (κ1) is 20.0. The van der Waals surface area contributed by atoms with Gasteiger partial charge in [-0.1, -0.05) is 48.2 Å². The molecule has 1 N–H and O–H groups in total. The molecule has 0 aromatic heterocycles. The van der Waals surface area contributed by atoms with Gasteiger partial charge in [-0.05, 0) is 37.1 Å². The van der Waals surface area contributed by atoms with Gasteiger partial charge < -0.3 is 10.2 Å². The number of sulfone groups is 1. The number of benzene rings is 2. The quantitative estimate of drug-likeness (QED) is 0.808. The summed E-state index contributed by atoms with van der Waals surface area (Å²) in [5, 5.41) is 3.70. The number of aryl methyl sites for hydroxylation is 2. The first-order valence-electron chi connectivity index (χ1n) is 9.45. The predicted molar refractivity (Wildman–Crippen MR) is 120 cm³/mol. The number of carbonyl (C=O) groups is 1. The molecule has 2 heterocycles. The normalized spacial score (nSPS) is 22.3. The van der Waals surface area contributed by atoms with Crippen molar-refractivity contribution in [1.29, 1.82) is 0 Å². The van der Waals surface area contributed by atoms with Crippen LogP contribution in [0.5, 0.6) is 0 Å². The van der Waals surface area contributed by atoms with Gasteiger partial charge in [-0.15, -0.1) is 0 Å². The SMILES string of the molecule is Cc1cccc(C)c1NC(=O)CSC1=N[C@@H]2CS(=O)(=O)C[C@@H]2N1c1ccccc1. The number of nitrogens with zero attached hydrogens (tertiary/aromatic N) is 2. The number of rotatable bonds is 4. The molecule has 2 aromatic carbocycles. The lowest BCUT2D eigenvalue weighted by Gasteiger charge is -2.26. The fourth-order valence-electron chi connectivity index (χ4n) is 3.84. The number of carbonyl (C=O) groups excluding carboxylic acids is 1. The van der Waals surface area contributed by atoms with Gasteiger partial charge in [-0.2, -0.15) is 0 Å². The van der Waals surface area contributed by atoms with E-state index in [4.69, 9.17) is 0 Å². The summed E-state index contributed by atoms with van der Waals surface area (Å²) in [4.78, 5) is 19.2. The number of aliphatic imine (C=N–C) groups is 1. The van der Waals surface area contributed by atoms with Gasteiger partial charge >= 0.3 is 0 Å². The van der Waals surface area contributed by atoms with Crippen LogP contribution in [0.25, 0.3) is 0 Å². The third kappa shape index (κ3) is 4.18. The Labute approximate surface area is 175 Å². The molecule has 6 nitrogen and oxygen atoms in total. The predicted octanol–water partition coefficient (Wildman–Crippen LogP) is 3.02. The molecular weight excluding hydrogens is 406 g/mol. The number of para-hydroxylation sites is 2. The Hall–Kier alpha value is -2.32. The minimum absolute atomic E-state index is 0.0691. The second-order valence-corrected chi connectivity index (χ2v) is 10.5. The molecule has 2 aliphatic heterocycles. The van der Waals surface area contributed by atoms with Crippen LogP contribution in [0.15, 0.2) is 53.5 Å². The molecule has 29 heavy (non-hydrogen) atoms. The van der Waals surface area contributed by atoms with Crippen LogP contribution >= 0.6 is 11.8 Å². The third-order valence-electron chi connectivity index (χ3n) is 5.22. The molecule has 2 aromatic rings. The number of amidine groups is 1. The van der Waals surface area contributed by atoms with E-state index in [0.29, 0.717) is 5.17 Å². The lowest BCUT2D eigenvalue weighted by atomic mass is 10.1. The Kier molecular flexibility index (Phi) is 5.40. The Morgan fingerprint density at radius 2 is 1.79 bits per heavy atom. The van der Waals surface area contributed by atoms with Crippen molar-refractivity contribution in [1.82, 2.24) is 0 Å². The topological polar surface area (TPSA) is 78.8 Å². The van der Waals surface area contributed by atoms with Crippen molar-refractivity contribution in [2.24, 2.45) is 4.99 Å². The highest BCUT2D eigenvalue weighted by atomic mass is 32.2. The first-order valence-corrected chi connectivity index (χ1v) is 12.3. The number of hydrogen-bond donors (Lipinski definition) is 1. The maximum atomic E-state index is 12.6. The monoisotopic (exact) mass is 429 g/mol.